The Labute approximate surface area is 139 Å². The number of rotatable bonds is 3. The van der Waals surface area contributed by atoms with Crippen molar-refractivity contribution in [3.8, 4) is 11.3 Å². The lowest BCUT2D eigenvalue weighted by atomic mass is 10.1. The summed E-state index contributed by atoms with van der Waals surface area (Å²) < 4.78 is 27.5. The van der Waals surface area contributed by atoms with Gasteiger partial charge in [0.2, 0.25) is 0 Å². The first-order valence-corrected chi connectivity index (χ1v) is 7.80. The molecule has 22 heavy (non-hydrogen) atoms. The Morgan fingerprint density at radius 3 is 2.41 bits per heavy atom. The van der Waals surface area contributed by atoms with Crippen LogP contribution in [0.5, 0.6) is 0 Å². The number of hydrogen-bond acceptors (Lipinski definition) is 3. The van der Waals surface area contributed by atoms with Crippen LogP contribution in [0, 0.1) is 11.6 Å². The van der Waals surface area contributed by atoms with Gasteiger partial charge in [-0.15, -0.1) is 11.3 Å². The second-order valence-electron chi connectivity index (χ2n) is 4.39. The van der Waals surface area contributed by atoms with Gasteiger partial charge in [0.1, 0.15) is 11.6 Å². The largest absolute Gasteiger partial charge is 0.331 e. The molecule has 0 aliphatic carbocycles. The van der Waals surface area contributed by atoms with Crippen molar-refractivity contribution in [2.24, 2.45) is 0 Å². The van der Waals surface area contributed by atoms with Crippen LogP contribution in [-0.4, -0.2) is 4.98 Å². The molecule has 1 heterocycles. The summed E-state index contributed by atoms with van der Waals surface area (Å²) in [6.07, 6.45) is 0. The summed E-state index contributed by atoms with van der Waals surface area (Å²) in [7, 11) is 0. The molecule has 2 nitrogen and oxygen atoms in total. The second-order valence-corrected chi connectivity index (χ2v) is 6.06. The van der Waals surface area contributed by atoms with Crippen LogP contribution in [0.1, 0.15) is 0 Å². The van der Waals surface area contributed by atoms with Gasteiger partial charge in [0.25, 0.3) is 0 Å². The lowest BCUT2D eigenvalue weighted by molar-refractivity contribution is 0.589. The van der Waals surface area contributed by atoms with Crippen LogP contribution < -0.4 is 5.32 Å². The van der Waals surface area contributed by atoms with Crippen LogP contribution in [-0.2, 0) is 0 Å². The van der Waals surface area contributed by atoms with E-state index in [1.54, 1.807) is 23.6 Å². The first-order chi connectivity index (χ1) is 10.5. The minimum atomic E-state index is -0.647. The van der Waals surface area contributed by atoms with Gasteiger partial charge in [-0.2, -0.15) is 0 Å². The first-order valence-electron chi connectivity index (χ1n) is 6.16. The highest BCUT2D eigenvalue weighted by Gasteiger charge is 2.14. The number of halogens is 4. The van der Waals surface area contributed by atoms with Crippen LogP contribution in [0.25, 0.3) is 11.3 Å². The summed E-state index contributed by atoms with van der Waals surface area (Å²) in [6, 6.07) is 8.74. The van der Waals surface area contributed by atoms with Crippen LogP contribution in [0.2, 0.25) is 10.0 Å². The molecule has 0 atom stereocenters. The molecule has 3 aromatic rings. The monoisotopic (exact) mass is 356 g/mol. The normalized spacial score (nSPS) is 10.7. The number of benzene rings is 2. The molecule has 0 saturated heterocycles. The number of hydrogen-bond donors (Lipinski definition) is 1. The van der Waals surface area contributed by atoms with E-state index >= 15 is 0 Å². The zero-order valence-corrected chi connectivity index (χ0v) is 13.2. The van der Waals surface area contributed by atoms with Gasteiger partial charge in [0.05, 0.1) is 21.3 Å². The molecular weight excluding hydrogens is 349 g/mol. The first kappa shape index (κ1) is 15.2. The molecule has 112 valence electrons. The van der Waals surface area contributed by atoms with Crippen molar-refractivity contribution in [1.29, 1.82) is 0 Å². The third-order valence-corrected chi connectivity index (χ3v) is 4.39. The van der Waals surface area contributed by atoms with Gasteiger partial charge in [-0.3, -0.25) is 0 Å². The van der Waals surface area contributed by atoms with Crippen LogP contribution in [0.3, 0.4) is 0 Å². The molecule has 0 aliphatic rings. The van der Waals surface area contributed by atoms with Gasteiger partial charge in [0, 0.05) is 11.1 Å². The Kier molecular flexibility index (Phi) is 4.29. The molecule has 2 aromatic carbocycles. The van der Waals surface area contributed by atoms with E-state index in [2.05, 4.69) is 10.3 Å². The van der Waals surface area contributed by atoms with Gasteiger partial charge in [-0.25, -0.2) is 13.8 Å². The maximum absolute atomic E-state index is 13.7. The predicted octanol–water partition coefficient (Wildman–Crippen LogP) is 6.14. The van der Waals surface area contributed by atoms with Crippen LogP contribution in [0.15, 0.2) is 41.8 Å². The summed E-state index contributed by atoms with van der Waals surface area (Å²) in [5.41, 5.74) is 0.786. The van der Waals surface area contributed by atoms with Gasteiger partial charge in [-0.1, -0.05) is 29.3 Å². The van der Waals surface area contributed by atoms with Crippen molar-refractivity contribution >= 4 is 45.4 Å². The maximum atomic E-state index is 13.7. The fraction of sp³-hybridized carbons (Fsp3) is 0. The fourth-order valence-corrected chi connectivity index (χ4v) is 2.91. The van der Waals surface area contributed by atoms with Crippen molar-refractivity contribution in [1.82, 2.24) is 4.98 Å². The minimum Gasteiger partial charge on any atom is -0.331 e. The molecule has 0 aliphatic heterocycles. The number of thiazole rings is 1. The molecule has 1 N–H and O–H groups in total. The molecule has 0 fully saturated rings. The average molecular weight is 357 g/mol. The average Bonchev–Trinajstić information content (AvgIpc) is 2.91. The predicted molar refractivity (Wildman–Crippen MR) is 87.2 cm³/mol. The van der Waals surface area contributed by atoms with Crippen molar-refractivity contribution < 1.29 is 8.78 Å². The highest BCUT2D eigenvalue weighted by molar-refractivity contribution is 7.14. The Morgan fingerprint density at radius 2 is 1.73 bits per heavy atom. The molecule has 7 heteroatoms. The summed E-state index contributed by atoms with van der Waals surface area (Å²) in [6.45, 7) is 0. The Hall–Kier alpha value is -1.69. The molecule has 0 spiro atoms. The molecule has 0 unspecified atom stereocenters. The quantitative estimate of drug-likeness (QED) is 0.609. The van der Waals surface area contributed by atoms with Crippen molar-refractivity contribution in [3.63, 3.8) is 0 Å². The third kappa shape index (κ3) is 3.06. The topological polar surface area (TPSA) is 24.9 Å². The number of aromatic nitrogens is 1. The molecule has 0 amide bonds. The highest BCUT2D eigenvalue weighted by atomic mass is 35.5. The molecular formula is C15H8Cl2F2N2S. The van der Waals surface area contributed by atoms with E-state index in [4.69, 9.17) is 23.2 Å². The van der Waals surface area contributed by atoms with E-state index in [1.807, 2.05) is 0 Å². The lowest BCUT2D eigenvalue weighted by Gasteiger charge is -2.04. The zero-order valence-electron chi connectivity index (χ0n) is 10.9. The Balaban J connectivity index is 1.89. The number of nitrogens with zero attached hydrogens (tertiary/aromatic N) is 1. The van der Waals surface area contributed by atoms with E-state index in [-0.39, 0.29) is 11.3 Å². The van der Waals surface area contributed by atoms with Crippen molar-refractivity contribution in [2.45, 2.75) is 0 Å². The highest BCUT2D eigenvalue weighted by Crippen LogP contribution is 2.32. The summed E-state index contributed by atoms with van der Waals surface area (Å²) in [5.74, 6) is -1.29. The van der Waals surface area contributed by atoms with Crippen LogP contribution >= 0.6 is 34.5 Å². The summed E-state index contributed by atoms with van der Waals surface area (Å²) in [5, 5.41) is 5.95. The lowest BCUT2D eigenvalue weighted by Crippen LogP contribution is -1.92. The zero-order chi connectivity index (χ0) is 15.7. The molecule has 0 bridgehead atoms. The molecule has 1 aromatic heterocycles. The summed E-state index contributed by atoms with van der Waals surface area (Å²) >= 11 is 13.0. The van der Waals surface area contributed by atoms with Crippen molar-refractivity contribution in [2.75, 3.05) is 5.32 Å². The Bertz CT molecular complexity index is 816. The second kappa shape index (κ2) is 6.20. The van der Waals surface area contributed by atoms with Gasteiger partial charge >= 0.3 is 0 Å². The van der Waals surface area contributed by atoms with E-state index in [1.165, 1.54) is 29.5 Å². The minimum absolute atomic E-state index is 0.138. The standard InChI is InChI=1S/C15H8Cl2F2N2S/c16-9-5-4-8(6-10(9)17)20-15-21-13(7-22-15)14-11(18)2-1-3-12(14)19/h1-7H,(H,20,21). The Morgan fingerprint density at radius 1 is 1.00 bits per heavy atom. The molecule has 0 radical (unpaired) electrons. The van der Waals surface area contributed by atoms with E-state index in [0.29, 0.717) is 20.9 Å². The number of anilines is 2. The fourth-order valence-electron chi connectivity index (χ4n) is 1.89. The third-order valence-electron chi connectivity index (χ3n) is 2.89. The van der Waals surface area contributed by atoms with Crippen molar-refractivity contribution in [3.05, 3.63) is 63.5 Å². The number of nitrogens with one attached hydrogen (secondary N) is 1. The van der Waals surface area contributed by atoms with E-state index in [9.17, 15) is 8.78 Å². The SMILES string of the molecule is Fc1cccc(F)c1-c1csc(Nc2ccc(Cl)c(Cl)c2)n1. The summed E-state index contributed by atoms with van der Waals surface area (Å²) in [4.78, 5) is 4.20. The van der Waals surface area contributed by atoms with Gasteiger partial charge in [-0.05, 0) is 30.3 Å². The van der Waals surface area contributed by atoms with Gasteiger partial charge in [0.15, 0.2) is 5.13 Å². The van der Waals surface area contributed by atoms with Gasteiger partial charge < -0.3 is 5.32 Å². The van der Waals surface area contributed by atoms with E-state index < -0.39 is 11.6 Å². The van der Waals surface area contributed by atoms with E-state index in [0.717, 1.165) is 0 Å². The van der Waals surface area contributed by atoms with Crippen LogP contribution in [0.4, 0.5) is 19.6 Å². The molecule has 0 saturated carbocycles. The smallest absolute Gasteiger partial charge is 0.187 e. The molecule has 3 rings (SSSR count). The maximum Gasteiger partial charge on any atom is 0.187 e.